The Hall–Kier alpha value is -0.470. The van der Waals surface area contributed by atoms with E-state index in [9.17, 15) is 5.11 Å². The quantitative estimate of drug-likeness (QED) is 0.680. The largest absolute Gasteiger partial charge is 0.379 e. The second-order valence-corrected chi connectivity index (χ2v) is 4.30. The third kappa shape index (κ3) is 1.76. The predicted molar refractivity (Wildman–Crippen MR) is 46.5 cm³/mol. The van der Waals surface area contributed by atoms with Gasteiger partial charge in [0.05, 0.1) is 0 Å². The lowest BCUT2D eigenvalue weighted by Crippen LogP contribution is -1.97. The molecule has 0 atom stereocenters. The van der Waals surface area contributed by atoms with Crippen LogP contribution in [0.4, 0.5) is 0 Å². The fraction of sp³-hybridized carbons (Fsp3) is 0.333. The summed E-state index contributed by atoms with van der Waals surface area (Å²) in [6.45, 7) is 0. The SMILES string of the molecule is OC1(Sc2ccccc2)CC1. The van der Waals surface area contributed by atoms with Gasteiger partial charge >= 0.3 is 0 Å². The van der Waals surface area contributed by atoms with Gasteiger partial charge in [-0.1, -0.05) is 30.0 Å². The minimum absolute atomic E-state index is 0.429. The summed E-state index contributed by atoms with van der Waals surface area (Å²) in [5.41, 5.74) is 0. The number of hydrogen-bond acceptors (Lipinski definition) is 2. The Morgan fingerprint density at radius 2 is 1.82 bits per heavy atom. The molecule has 2 heteroatoms. The molecule has 11 heavy (non-hydrogen) atoms. The van der Waals surface area contributed by atoms with Gasteiger partial charge < -0.3 is 5.11 Å². The van der Waals surface area contributed by atoms with Crippen molar-refractivity contribution in [3.05, 3.63) is 30.3 Å². The van der Waals surface area contributed by atoms with Crippen molar-refractivity contribution in [1.29, 1.82) is 0 Å². The van der Waals surface area contributed by atoms with Gasteiger partial charge in [0.25, 0.3) is 0 Å². The van der Waals surface area contributed by atoms with Gasteiger partial charge in [-0.3, -0.25) is 0 Å². The fourth-order valence-electron chi connectivity index (χ4n) is 0.917. The molecule has 0 spiro atoms. The maximum absolute atomic E-state index is 9.55. The topological polar surface area (TPSA) is 20.2 Å². The molecule has 0 heterocycles. The van der Waals surface area contributed by atoms with Crippen molar-refractivity contribution in [1.82, 2.24) is 0 Å². The van der Waals surface area contributed by atoms with Crippen LogP contribution >= 0.6 is 11.8 Å². The molecule has 1 fully saturated rings. The number of rotatable bonds is 2. The molecule has 0 unspecified atom stereocenters. The molecule has 0 aliphatic heterocycles. The molecule has 0 radical (unpaired) electrons. The first-order valence-electron chi connectivity index (χ1n) is 3.75. The number of hydrogen-bond donors (Lipinski definition) is 1. The van der Waals surface area contributed by atoms with Gasteiger partial charge in [-0.2, -0.15) is 0 Å². The summed E-state index contributed by atoms with van der Waals surface area (Å²) in [4.78, 5) is 0.731. The number of benzene rings is 1. The van der Waals surface area contributed by atoms with E-state index in [0.717, 1.165) is 17.7 Å². The lowest BCUT2D eigenvalue weighted by atomic mass is 10.4. The number of aliphatic hydroxyl groups is 1. The third-order valence-electron chi connectivity index (χ3n) is 1.73. The molecule has 1 aromatic rings. The van der Waals surface area contributed by atoms with E-state index in [-0.39, 0.29) is 0 Å². The first kappa shape index (κ1) is 7.19. The molecular weight excluding hydrogens is 156 g/mol. The van der Waals surface area contributed by atoms with Crippen molar-refractivity contribution in [2.75, 3.05) is 0 Å². The maximum atomic E-state index is 9.55. The second-order valence-electron chi connectivity index (χ2n) is 2.86. The summed E-state index contributed by atoms with van der Waals surface area (Å²) < 4.78 is 0. The normalized spacial score (nSPS) is 19.7. The smallest absolute Gasteiger partial charge is 0.115 e. The predicted octanol–water partition coefficient (Wildman–Crippen LogP) is 2.26. The lowest BCUT2D eigenvalue weighted by Gasteiger charge is -2.05. The first-order chi connectivity index (χ1) is 5.29. The van der Waals surface area contributed by atoms with E-state index in [1.54, 1.807) is 11.8 Å². The average molecular weight is 166 g/mol. The Labute approximate surface area is 70.4 Å². The van der Waals surface area contributed by atoms with E-state index in [4.69, 9.17) is 0 Å². The molecule has 1 aliphatic carbocycles. The van der Waals surface area contributed by atoms with Crippen LogP contribution in [0.2, 0.25) is 0 Å². The van der Waals surface area contributed by atoms with Crippen LogP contribution in [0.3, 0.4) is 0 Å². The molecule has 1 aromatic carbocycles. The van der Waals surface area contributed by atoms with Gasteiger partial charge in [0.15, 0.2) is 0 Å². The molecular formula is C9H10OS. The molecule has 1 aliphatic rings. The molecule has 1 nitrogen and oxygen atoms in total. The van der Waals surface area contributed by atoms with Crippen LogP contribution in [0.25, 0.3) is 0 Å². The Morgan fingerprint density at radius 3 is 2.36 bits per heavy atom. The summed E-state index contributed by atoms with van der Waals surface area (Å²) >= 11 is 1.57. The third-order valence-corrected chi connectivity index (χ3v) is 3.02. The average Bonchev–Trinajstić information content (AvgIpc) is 2.70. The van der Waals surface area contributed by atoms with Gasteiger partial charge in [-0.05, 0) is 25.0 Å². The van der Waals surface area contributed by atoms with Gasteiger partial charge in [-0.25, -0.2) is 0 Å². The summed E-state index contributed by atoms with van der Waals surface area (Å²) in [5.74, 6) is 0. The van der Waals surface area contributed by atoms with Gasteiger partial charge in [0, 0.05) is 4.90 Å². The van der Waals surface area contributed by atoms with E-state index in [0.29, 0.717) is 0 Å². The van der Waals surface area contributed by atoms with Crippen molar-refractivity contribution < 1.29 is 5.11 Å². The molecule has 0 aromatic heterocycles. The zero-order valence-electron chi connectivity index (χ0n) is 6.16. The van der Waals surface area contributed by atoms with Gasteiger partial charge in [0.2, 0.25) is 0 Å². The molecule has 1 N–H and O–H groups in total. The Bertz CT molecular complexity index is 241. The van der Waals surface area contributed by atoms with Crippen molar-refractivity contribution in [2.45, 2.75) is 22.7 Å². The number of thioether (sulfide) groups is 1. The van der Waals surface area contributed by atoms with Crippen molar-refractivity contribution in [3.63, 3.8) is 0 Å². The Balaban J connectivity index is 2.07. The van der Waals surface area contributed by atoms with Crippen LogP contribution in [0.15, 0.2) is 35.2 Å². The summed E-state index contributed by atoms with van der Waals surface area (Å²) in [6, 6.07) is 10.0. The molecule has 1 saturated carbocycles. The fourth-order valence-corrected chi connectivity index (χ4v) is 1.96. The van der Waals surface area contributed by atoms with Crippen LogP contribution in [-0.2, 0) is 0 Å². The zero-order chi connectivity index (χ0) is 7.73. The van der Waals surface area contributed by atoms with Crippen LogP contribution in [0.5, 0.6) is 0 Å². The minimum Gasteiger partial charge on any atom is -0.379 e. The first-order valence-corrected chi connectivity index (χ1v) is 4.57. The molecule has 0 bridgehead atoms. The highest BCUT2D eigenvalue weighted by Gasteiger charge is 2.41. The van der Waals surface area contributed by atoms with E-state index in [2.05, 4.69) is 0 Å². The van der Waals surface area contributed by atoms with Gasteiger partial charge in [0.1, 0.15) is 4.93 Å². The van der Waals surface area contributed by atoms with Crippen LogP contribution in [-0.4, -0.2) is 10.0 Å². The Kier molecular flexibility index (Phi) is 1.66. The van der Waals surface area contributed by atoms with Crippen molar-refractivity contribution in [2.24, 2.45) is 0 Å². The molecule has 0 saturated heterocycles. The maximum Gasteiger partial charge on any atom is 0.115 e. The Morgan fingerprint density at radius 1 is 1.18 bits per heavy atom. The second kappa shape index (κ2) is 2.54. The van der Waals surface area contributed by atoms with Gasteiger partial charge in [-0.15, -0.1) is 0 Å². The van der Waals surface area contributed by atoms with E-state index < -0.39 is 4.93 Å². The monoisotopic (exact) mass is 166 g/mol. The summed E-state index contributed by atoms with van der Waals surface area (Å²) in [5, 5.41) is 9.55. The van der Waals surface area contributed by atoms with E-state index in [1.807, 2.05) is 30.3 Å². The molecule has 2 rings (SSSR count). The minimum atomic E-state index is -0.429. The van der Waals surface area contributed by atoms with Crippen molar-refractivity contribution >= 4 is 11.8 Å². The van der Waals surface area contributed by atoms with E-state index >= 15 is 0 Å². The van der Waals surface area contributed by atoms with Crippen LogP contribution < -0.4 is 0 Å². The van der Waals surface area contributed by atoms with Crippen molar-refractivity contribution in [3.8, 4) is 0 Å². The summed E-state index contributed by atoms with van der Waals surface area (Å²) in [6.07, 6.45) is 1.87. The zero-order valence-corrected chi connectivity index (χ0v) is 6.97. The van der Waals surface area contributed by atoms with Crippen LogP contribution in [0.1, 0.15) is 12.8 Å². The lowest BCUT2D eigenvalue weighted by molar-refractivity contribution is 0.245. The molecule has 0 amide bonds. The summed E-state index contributed by atoms with van der Waals surface area (Å²) in [7, 11) is 0. The molecule has 58 valence electrons. The highest BCUT2D eigenvalue weighted by Crippen LogP contribution is 2.48. The standard InChI is InChI=1S/C9H10OS/c10-9(6-7-9)11-8-4-2-1-3-5-8/h1-5,10H,6-7H2. The highest BCUT2D eigenvalue weighted by molar-refractivity contribution is 8.00. The van der Waals surface area contributed by atoms with Crippen LogP contribution in [0, 0.1) is 0 Å². The van der Waals surface area contributed by atoms with E-state index in [1.165, 1.54) is 0 Å². The highest BCUT2D eigenvalue weighted by atomic mass is 32.2.